The number of rotatable bonds is 5. The number of benzene rings is 1. The van der Waals surface area contributed by atoms with E-state index in [1.54, 1.807) is 10.7 Å². The van der Waals surface area contributed by atoms with Gasteiger partial charge in [0, 0.05) is 42.6 Å². The highest BCUT2D eigenvalue weighted by Crippen LogP contribution is 2.50. The van der Waals surface area contributed by atoms with Gasteiger partial charge in [0.15, 0.2) is 5.65 Å². The summed E-state index contributed by atoms with van der Waals surface area (Å²) in [4.78, 5) is 26.4. The zero-order valence-electron chi connectivity index (χ0n) is 22.2. The first-order chi connectivity index (χ1) is 18.4. The van der Waals surface area contributed by atoms with Gasteiger partial charge in [-0.25, -0.2) is 14.3 Å². The third-order valence-electron chi connectivity index (χ3n) is 8.01. The average molecular weight is 538 g/mol. The fourth-order valence-electron chi connectivity index (χ4n) is 5.40. The van der Waals surface area contributed by atoms with Crippen LogP contribution in [0, 0.1) is 0 Å². The highest BCUT2D eigenvalue weighted by Gasteiger charge is 2.50. The monoisotopic (exact) mass is 537 g/mol. The highest BCUT2D eigenvalue weighted by molar-refractivity contribution is 5.77. The number of halogens is 3. The van der Waals surface area contributed by atoms with Gasteiger partial charge < -0.3 is 10.6 Å². The molecule has 0 radical (unpaired) electrons. The van der Waals surface area contributed by atoms with E-state index in [1.807, 2.05) is 19.9 Å². The summed E-state index contributed by atoms with van der Waals surface area (Å²) < 4.78 is 44.4. The van der Waals surface area contributed by atoms with E-state index in [-0.39, 0.29) is 34.0 Å². The molecule has 4 heterocycles. The summed E-state index contributed by atoms with van der Waals surface area (Å²) >= 11 is 0. The Kier molecular flexibility index (Phi) is 5.66. The van der Waals surface area contributed by atoms with Gasteiger partial charge in [0.1, 0.15) is 10.8 Å². The van der Waals surface area contributed by atoms with Crippen LogP contribution in [-0.2, 0) is 17.4 Å². The van der Waals surface area contributed by atoms with Crippen molar-refractivity contribution in [2.75, 3.05) is 11.9 Å². The van der Waals surface area contributed by atoms with Crippen LogP contribution in [0.3, 0.4) is 0 Å². The molecule has 204 valence electrons. The van der Waals surface area contributed by atoms with Crippen molar-refractivity contribution in [1.82, 2.24) is 29.6 Å². The number of nitrogens with zero attached hydrogens (tertiary/aromatic N) is 5. The predicted octanol–water partition coefficient (Wildman–Crippen LogP) is 5.28. The van der Waals surface area contributed by atoms with Crippen LogP contribution in [0.1, 0.15) is 63.4 Å². The molecular weight excluding hydrogens is 507 g/mol. The summed E-state index contributed by atoms with van der Waals surface area (Å²) in [6, 6.07) is 8.92. The maximum atomic E-state index is 13.8. The minimum atomic E-state index is -4.50. The van der Waals surface area contributed by atoms with Gasteiger partial charge in [0.05, 0.1) is 11.4 Å². The Labute approximate surface area is 223 Å². The smallest absolute Gasteiger partial charge is 0.324 e. The molecule has 1 spiro atoms. The first kappa shape index (κ1) is 25.5. The van der Waals surface area contributed by atoms with E-state index in [0.717, 1.165) is 32.6 Å². The molecule has 3 aromatic heterocycles. The van der Waals surface area contributed by atoms with E-state index in [4.69, 9.17) is 0 Å². The number of alkyl halides is 3. The minimum absolute atomic E-state index is 0.152. The lowest BCUT2D eigenvalue weighted by atomic mass is 9.88. The number of fused-ring (bicyclic) bond motifs is 3. The number of nitrogens with one attached hydrogen (secondary N) is 2. The topological polar surface area (TPSA) is 89.7 Å². The number of hydrogen-bond donors (Lipinski definition) is 2. The second-order valence-electron chi connectivity index (χ2n) is 11.4. The van der Waals surface area contributed by atoms with Crippen molar-refractivity contribution < 1.29 is 13.2 Å². The maximum Gasteiger partial charge on any atom is 0.399 e. The second-order valence-corrected chi connectivity index (χ2v) is 11.4. The van der Waals surface area contributed by atoms with Crippen molar-refractivity contribution in [3.05, 3.63) is 69.9 Å². The lowest BCUT2D eigenvalue weighted by molar-refractivity contribution is -0.181. The lowest BCUT2D eigenvalue weighted by Crippen LogP contribution is -2.37. The molecule has 0 amide bonds. The van der Waals surface area contributed by atoms with Crippen LogP contribution in [0.2, 0.25) is 0 Å². The van der Waals surface area contributed by atoms with E-state index in [1.165, 1.54) is 47.1 Å². The van der Waals surface area contributed by atoms with E-state index in [2.05, 4.69) is 37.7 Å². The zero-order chi connectivity index (χ0) is 27.7. The molecule has 0 bridgehead atoms. The SMILES string of the molecule is CC(C)n1c(=O)c2cnc(Nc3ccc4c(c3)CNCC43CC3)nc2n1-c1ccnc(C(C)(C)C(F)(F)F)c1. The molecule has 6 rings (SSSR count). The second kappa shape index (κ2) is 8.64. The Bertz CT molecular complexity index is 1650. The molecule has 2 N–H and O–H groups in total. The Balaban J connectivity index is 1.44. The fourth-order valence-corrected chi connectivity index (χ4v) is 5.40. The molecule has 1 aromatic carbocycles. The van der Waals surface area contributed by atoms with E-state index < -0.39 is 11.6 Å². The molecule has 1 fully saturated rings. The third-order valence-corrected chi connectivity index (χ3v) is 8.01. The van der Waals surface area contributed by atoms with Gasteiger partial charge in [-0.15, -0.1) is 0 Å². The summed E-state index contributed by atoms with van der Waals surface area (Å²) in [6.45, 7) is 7.64. The summed E-state index contributed by atoms with van der Waals surface area (Å²) in [6.07, 6.45) is 0.677. The normalized spacial score (nSPS) is 16.6. The summed E-state index contributed by atoms with van der Waals surface area (Å²) in [5, 5.41) is 7.02. The van der Waals surface area contributed by atoms with Crippen LogP contribution in [0.25, 0.3) is 16.7 Å². The van der Waals surface area contributed by atoms with Gasteiger partial charge in [-0.1, -0.05) is 6.07 Å². The van der Waals surface area contributed by atoms with Gasteiger partial charge in [-0.2, -0.15) is 18.2 Å². The predicted molar refractivity (Wildman–Crippen MR) is 143 cm³/mol. The van der Waals surface area contributed by atoms with Crippen molar-refractivity contribution in [3.63, 3.8) is 0 Å². The standard InChI is InChI=1S/C28H30F3N7O/c1-16(2)37-24(39)20-14-34-25(35-18-5-6-21-17(11-18)13-32-15-27(21)8-9-27)36-23(20)38(37)19-7-10-33-22(12-19)26(3,4)28(29,30)31/h5-7,10-12,14,16,32H,8-9,13,15H2,1-4H3,(H,34,35,36). The molecule has 11 heteroatoms. The number of hydrogen-bond acceptors (Lipinski definition) is 6. The molecule has 8 nitrogen and oxygen atoms in total. The molecule has 0 saturated heterocycles. The van der Waals surface area contributed by atoms with Gasteiger partial charge >= 0.3 is 6.18 Å². The van der Waals surface area contributed by atoms with E-state index >= 15 is 0 Å². The first-order valence-electron chi connectivity index (χ1n) is 13.1. The minimum Gasteiger partial charge on any atom is -0.324 e. The van der Waals surface area contributed by atoms with Crippen molar-refractivity contribution >= 4 is 22.7 Å². The number of aromatic nitrogens is 5. The van der Waals surface area contributed by atoms with Crippen LogP contribution >= 0.6 is 0 Å². The van der Waals surface area contributed by atoms with E-state index in [0.29, 0.717) is 11.3 Å². The molecule has 2 aliphatic rings. The lowest BCUT2D eigenvalue weighted by Gasteiger charge is -2.27. The van der Waals surface area contributed by atoms with Gasteiger partial charge in [-0.05, 0) is 75.9 Å². The van der Waals surface area contributed by atoms with Crippen LogP contribution < -0.4 is 16.2 Å². The van der Waals surface area contributed by atoms with Crippen molar-refractivity contribution in [1.29, 1.82) is 0 Å². The Morgan fingerprint density at radius 3 is 2.56 bits per heavy atom. The zero-order valence-corrected chi connectivity index (χ0v) is 22.2. The van der Waals surface area contributed by atoms with Crippen molar-refractivity contribution in [2.45, 2.75) is 70.1 Å². The van der Waals surface area contributed by atoms with Gasteiger partial charge in [0.2, 0.25) is 5.95 Å². The Hall–Kier alpha value is -3.73. The largest absolute Gasteiger partial charge is 0.399 e. The Morgan fingerprint density at radius 2 is 1.87 bits per heavy atom. The summed E-state index contributed by atoms with van der Waals surface area (Å²) in [5.74, 6) is 0.284. The van der Waals surface area contributed by atoms with Crippen LogP contribution in [0.4, 0.5) is 24.8 Å². The highest BCUT2D eigenvalue weighted by atomic mass is 19.4. The molecule has 1 aliphatic carbocycles. The molecule has 39 heavy (non-hydrogen) atoms. The molecule has 0 unspecified atom stereocenters. The molecule has 1 saturated carbocycles. The molecular formula is C28H30F3N7O. The quantitative estimate of drug-likeness (QED) is 0.360. The molecule has 4 aromatic rings. The van der Waals surface area contributed by atoms with E-state index in [9.17, 15) is 18.0 Å². The van der Waals surface area contributed by atoms with Crippen molar-refractivity contribution in [3.8, 4) is 5.69 Å². The number of anilines is 2. The van der Waals surface area contributed by atoms with Crippen LogP contribution in [0.15, 0.2) is 47.5 Å². The van der Waals surface area contributed by atoms with Crippen molar-refractivity contribution in [2.24, 2.45) is 0 Å². The van der Waals surface area contributed by atoms with Gasteiger partial charge in [0.25, 0.3) is 5.56 Å². The number of pyridine rings is 1. The summed E-state index contributed by atoms with van der Waals surface area (Å²) in [5.41, 5.74) is 1.71. The molecule has 1 aliphatic heterocycles. The first-order valence-corrected chi connectivity index (χ1v) is 13.1. The maximum absolute atomic E-state index is 13.8. The Morgan fingerprint density at radius 1 is 1.10 bits per heavy atom. The van der Waals surface area contributed by atoms with Gasteiger partial charge in [-0.3, -0.25) is 9.78 Å². The third kappa shape index (κ3) is 4.10. The fraction of sp³-hybridized carbons (Fsp3) is 0.429. The van der Waals surface area contributed by atoms with Crippen LogP contribution in [0.5, 0.6) is 0 Å². The van der Waals surface area contributed by atoms with Crippen LogP contribution in [-0.4, -0.2) is 37.0 Å². The average Bonchev–Trinajstić information content (AvgIpc) is 3.59. The summed E-state index contributed by atoms with van der Waals surface area (Å²) in [7, 11) is 0. The molecule has 0 atom stereocenters.